The second-order valence-corrected chi connectivity index (χ2v) is 6.65. The average molecular weight is 292 g/mol. The van der Waals surface area contributed by atoms with Gasteiger partial charge in [-0.3, -0.25) is 0 Å². The summed E-state index contributed by atoms with van der Waals surface area (Å²) in [4.78, 5) is 0. The first-order chi connectivity index (χ1) is 6.88. The lowest BCUT2D eigenvalue weighted by molar-refractivity contribution is 0.602. The Bertz CT molecular complexity index is 443. The highest BCUT2D eigenvalue weighted by atomic mass is 79.9. The van der Waals surface area contributed by atoms with E-state index in [0.29, 0.717) is 6.54 Å². The second kappa shape index (κ2) is 4.99. The molecule has 5 heteroatoms. The van der Waals surface area contributed by atoms with Crippen LogP contribution in [0.3, 0.4) is 0 Å². The van der Waals surface area contributed by atoms with Crippen LogP contribution in [0.5, 0.6) is 0 Å². The van der Waals surface area contributed by atoms with Gasteiger partial charge in [-0.1, -0.05) is 6.07 Å². The molecule has 0 atom stereocenters. The molecule has 3 nitrogen and oxygen atoms in total. The van der Waals surface area contributed by atoms with Crippen molar-refractivity contribution in [1.82, 2.24) is 0 Å². The van der Waals surface area contributed by atoms with Gasteiger partial charge < -0.3 is 5.32 Å². The molecule has 1 N–H and O–H groups in total. The molecule has 0 aromatic heterocycles. The average Bonchev–Trinajstić information content (AvgIpc) is 2.09. The van der Waals surface area contributed by atoms with Gasteiger partial charge in [-0.05, 0) is 40.5 Å². The van der Waals surface area contributed by atoms with E-state index in [1.54, 1.807) is 0 Å². The van der Waals surface area contributed by atoms with Gasteiger partial charge in [-0.2, -0.15) is 0 Å². The summed E-state index contributed by atoms with van der Waals surface area (Å²) in [6.45, 7) is 2.43. The fourth-order valence-corrected chi connectivity index (χ4v) is 2.01. The lowest BCUT2D eigenvalue weighted by Crippen LogP contribution is -2.14. The van der Waals surface area contributed by atoms with Crippen molar-refractivity contribution in [2.75, 3.05) is 23.9 Å². The number of benzene rings is 1. The fraction of sp³-hybridized carbons (Fsp3) is 0.400. The molecule has 0 radical (unpaired) electrons. The Labute approximate surface area is 98.9 Å². The van der Waals surface area contributed by atoms with E-state index in [-0.39, 0.29) is 5.75 Å². The lowest BCUT2D eigenvalue weighted by Gasteiger charge is -2.08. The van der Waals surface area contributed by atoms with Gasteiger partial charge in [0.05, 0.1) is 5.75 Å². The van der Waals surface area contributed by atoms with E-state index in [1.807, 2.05) is 25.1 Å². The predicted molar refractivity (Wildman–Crippen MR) is 67.1 cm³/mol. The van der Waals surface area contributed by atoms with E-state index in [9.17, 15) is 8.42 Å². The van der Waals surface area contributed by atoms with Crippen LogP contribution in [0.4, 0.5) is 5.69 Å². The van der Waals surface area contributed by atoms with Gasteiger partial charge in [0.25, 0.3) is 0 Å². The first kappa shape index (κ1) is 12.5. The lowest BCUT2D eigenvalue weighted by atomic mass is 10.2. The zero-order chi connectivity index (χ0) is 11.5. The molecule has 0 saturated carbocycles. The van der Waals surface area contributed by atoms with Gasteiger partial charge in [0.1, 0.15) is 9.84 Å². The highest BCUT2D eigenvalue weighted by Crippen LogP contribution is 2.22. The summed E-state index contributed by atoms with van der Waals surface area (Å²) in [6.07, 6.45) is 1.24. The standard InChI is InChI=1S/C10H14BrNO2S/c1-8-3-4-9(11)10(7-8)12-5-6-15(2,13)14/h3-4,7,12H,5-6H2,1-2H3. The van der Waals surface area contributed by atoms with Crippen molar-refractivity contribution < 1.29 is 8.42 Å². The SMILES string of the molecule is Cc1ccc(Br)c(NCCS(C)(=O)=O)c1. The van der Waals surface area contributed by atoms with E-state index in [2.05, 4.69) is 21.2 Å². The van der Waals surface area contributed by atoms with Crippen molar-refractivity contribution in [2.24, 2.45) is 0 Å². The Morgan fingerprint density at radius 3 is 2.67 bits per heavy atom. The van der Waals surface area contributed by atoms with Crippen LogP contribution in [0.1, 0.15) is 5.56 Å². The first-order valence-corrected chi connectivity index (χ1v) is 7.41. The minimum atomic E-state index is -2.90. The van der Waals surface area contributed by atoms with Crippen molar-refractivity contribution in [1.29, 1.82) is 0 Å². The van der Waals surface area contributed by atoms with E-state index in [1.165, 1.54) is 6.26 Å². The Kier molecular flexibility index (Phi) is 4.16. The minimum Gasteiger partial charge on any atom is -0.383 e. The predicted octanol–water partition coefficient (Wildman–Crippen LogP) is 2.21. The van der Waals surface area contributed by atoms with Crippen LogP contribution in [0, 0.1) is 6.92 Å². The number of anilines is 1. The first-order valence-electron chi connectivity index (χ1n) is 4.56. The number of halogens is 1. The molecule has 0 heterocycles. The molecule has 1 aromatic rings. The summed E-state index contributed by atoms with van der Waals surface area (Å²) in [7, 11) is -2.90. The van der Waals surface area contributed by atoms with Crippen molar-refractivity contribution in [2.45, 2.75) is 6.92 Å². The molecule has 15 heavy (non-hydrogen) atoms. The zero-order valence-corrected chi connectivity index (χ0v) is 11.2. The van der Waals surface area contributed by atoms with Crippen LogP contribution in [0.25, 0.3) is 0 Å². The number of nitrogens with one attached hydrogen (secondary N) is 1. The van der Waals surface area contributed by atoms with Gasteiger partial charge in [-0.15, -0.1) is 0 Å². The van der Waals surface area contributed by atoms with Gasteiger partial charge in [0.2, 0.25) is 0 Å². The maximum absolute atomic E-state index is 10.9. The highest BCUT2D eigenvalue weighted by Gasteiger charge is 2.03. The molecule has 0 aliphatic carbocycles. The van der Waals surface area contributed by atoms with Crippen molar-refractivity contribution >= 4 is 31.5 Å². The molecular formula is C10H14BrNO2S. The third-order valence-corrected chi connectivity index (χ3v) is 3.55. The second-order valence-electron chi connectivity index (χ2n) is 3.54. The van der Waals surface area contributed by atoms with E-state index in [0.717, 1.165) is 15.7 Å². The topological polar surface area (TPSA) is 46.2 Å². The van der Waals surface area contributed by atoms with Crippen LogP contribution in [-0.4, -0.2) is 27.0 Å². The van der Waals surface area contributed by atoms with Gasteiger partial charge in [-0.25, -0.2) is 8.42 Å². The van der Waals surface area contributed by atoms with E-state index >= 15 is 0 Å². The number of aryl methyl sites for hydroxylation is 1. The Morgan fingerprint density at radius 1 is 1.40 bits per heavy atom. The number of hydrogen-bond donors (Lipinski definition) is 1. The normalized spacial score (nSPS) is 11.4. The summed E-state index contributed by atoms with van der Waals surface area (Å²) in [6, 6.07) is 5.91. The molecule has 0 spiro atoms. The molecule has 0 saturated heterocycles. The summed E-state index contributed by atoms with van der Waals surface area (Å²) in [5, 5.41) is 3.08. The Balaban J connectivity index is 2.61. The van der Waals surface area contributed by atoms with E-state index < -0.39 is 9.84 Å². The molecule has 84 valence electrons. The quantitative estimate of drug-likeness (QED) is 0.925. The van der Waals surface area contributed by atoms with Gasteiger partial charge >= 0.3 is 0 Å². The molecule has 1 aromatic carbocycles. The van der Waals surface area contributed by atoms with E-state index in [4.69, 9.17) is 0 Å². The monoisotopic (exact) mass is 291 g/mol. The van der Waals surface area contributed by atoms with Crippen LogP contribution in [0.15, 0.2) is 22.7 Å². The molecule has 0 aliphatic rings. The smallest absolute Gasteiger partial charge is 0.149 e. The fourth-order valence-electron chi connectivity index (χ4n) is 1.15. The third-order valence-electron chi connectivity index (χ3n) is 1.91. The molecule has 1 rings (SSSR count). The molecule has 0 amide bonds. The summed E-state index contributed by atoms with van der Waals surface area (Å²) in [5.74, 6) is 0.146. The Morgan fingerprint density at radius 2 is 2.07 bits per heavy atom. The van der Waals surface area contributed by atoms with Crippen molar-refractivity contribution in [3.63, 3.8) is 0 Å². The van der Waals surface area contributed by atoms with Crippen LogP contribution in [0.2, 0.25) is 0 Å². The van der Waals surface area contributed by atoms with Gasteiger partial charge in [0.15, 0.2) is 0 Å². The highest BCUT2D eigenvalue weighted by molar-refractivity contribution is 9.10. The van der Waals surface area contributed by atoms with Gasteiger partial charge in [0, 0.05) is 23.0 Å². The largest absolute Gasteiger partial charge is 0.383 e. The zero-order valence-electron chi connectivity index (χ0n) is 8.75. The molecule has 0 bridgehead atoms. The maximum atomic E-state index is 10.9. The summed E-state index contributed by atoms with van der Waals surface area (Å²) < 4.78 is 22.8. The van der Waals surface area contributed by atoms with Crippen molar-refractivity contribution in [3.05, 3.63) is 28.2 Å². The van der Waals surface area contributed by atoms with Crippen molar-refractivity contribution in [3.8, 4) is 0 Å². The number of sulfone groups is 1. The van der Waals surface area contributed by atoms with Crippen LogP contribution in [-0.2, 0) is 9.84 Å². The number of hydrogen-bond acceptors (Lipinski definition) is 3. The molecular weight excluding hydrogens is 278 g/mol. The number of rotatable bonds is 4. The minimum absolute atomic E-state index is 0.146. The summed E-state index contributed by atoms with van der Waals surface area (Å²) in [5.41, 5.74) is 2.07. The molecule has 0 fully saturated rings. The molecule has 0 aliphatic heterocycles. The third kappa shape index (κ3) is 4.66. The van der Waals surface area contributed by atoms with Crippen LogP contribution >= 0.6 is 15.9 Å². The summed E-state index contributed by atoms with van der Waals surface area (Å²) >= 11 is 3.40. The Hall–Kier alpha value is -0.550. The van der Waals surface area contributed by atoms with Crippen LogP contribution < -0.4 is 5.32 Å². The maximum Gasteiger partial charge on any atom is 0.149 e. The molecule has 0 unspecified atom stereocenters.